The van der Waals surface area contributed by atoms with Gasteiger partial charge in [0.1, 0.15) is 0 Å². The van der Waals surface area contributed by atoms with E-state index in [-0.39, 0.29) is 0 Å². The largest absolute Gasteiger partial charge is 0.397 e. The van der Waals surface area contributed by atoms with Gasteiger partial charge in [-0.1, -0.05) is 30.3 Å². The van der Waals surface area contributed by atoms with Crippen LogP contribution in [0.3, 0.4) is 0 Å². The third-order valence-electron chi connectivity index (χ3n) is 2.98. The number of nitrogens with zero attached hydrogens (tertiary/aromatic N) is 1. The van der Waals surface area contributed by atoms with E-state index in [1.165, 1.54) is 4.31 Å². The molecule has 1 aliphatic heterocycles. The van der Waals surface area contributed by atoms with Crippen LogP contribution < -0.4 is 5.73 Å². The molecule has 0 spiro atoms. The summed E-state index contributed by atoms with van der Waals surface area (Å²) in [5.41, 5.74) is 7.12. The monoisotopic (exact) mass is 252 g/mol. The van der Waals surface area contributed by atoms with E-state index in [0.717, 1.165) is 12.0 Å². The van der Waals surface area contributed by atoms with E-state index in [9.17, 15) is 8.42 Å². The van der Waals surface area contributed by atoms with E-state index >= 15 is 0 Å². The molecule has 0 aliphatic carbocycles. The van der Waals surface area contributed by atoms with Crippen LogP contribution in [-0.2, 0) is 10.0 Å². The van der Waals surface area contributed by atoms with Gasteiger partial charge in [0.05, 0.1) is 10.6 Å². The second-order valence-corrected chi connectivity index (χ2v) is 6.20. The number of nitrogens with two attached hydrogens (primary N) is 1. The summed E-state index contributed by atoms with van der Waals surface area (Å²) >= 11 is 0. The summed E-state index contributed by atoms with van der Waals surface area (Å²) in [6.45, 7) is 0.563. The molecule has 0 aromatic heterocycles. The number of rotatable bonds is 1. The average Bonchev–Trinajstić information content (AvgIpc) is 2.33. The molecule has 0 amide bonds. The van der Waals surface area contributed by atoms with Crippen LogP contribution in [0.5, 0.6) is 0 Å². The van der Waals surface area contributed by atoms with Gasteiger partial charge in [0.15, 0.2) is 0 Å². The van der Waals surface area contributed by atoms with Gasteiger partial charge in [0.2, 0.25) is 10.0 Å². The Bertz CT molecular complexity index is 535. The summed E-state index contributed by atoms with van der Waals surface area (Å²) in [6, 6.07) is 9.23. The topological polar surface area (TPSA) is 63.4 Å². The lowest BCUT2D eigenvalue weighted by Gasteiger charge is -2.25. The van der Waals surface area contributed by atoms with Crippen LogP contribution in [0.4, 0.5) is 0 Å². The first-order chi connectivity index (χ1) is 8.03. The fraction of sp³-hybridized carbons (Fsp3) is 0.333. The van der Waals surface area contributed by atoms with Crippen molar-refractivity contribution in [1.29, 1.82) is 0 Å². The van der Waals surface area contributed by atoms with Gasteiger partial charge in [-0.25, -0.2) is 12.7 Å². The molecule has 2 N–H and O–H groups in total. The van der Waals surface area contributed by atoms with Gasteiger partial charge in [-0.05, 0) is 18.4 Å². The van der Waals surface area contributed by atoms with Crippen molar-refractivity contribution in [1.82, 2.24) is 4.31 Å². The van der Waals surface area contributed by atoms with Crippen LogP contribution >= 0.6 is 0 Å². The third kappa shape index (κ3) is 2.21. The lowest BCUT2D eigenvalue weighted by Crippen LogP contribution is -2.34. The summed E-state index contributed by atoms with van der Waals surface area (Å²) in [5.74, 6) is 0. The molecule has 2 rings (SSSR count). The maximum atomic E-state index is 12.1. The first kappa shape index (κ1) is 12.1. The van der Waals surface area contributed by atoms with Crippen molar-refractivity contribution in [3.63, 3.8) is 0 Å². The Morgan fingerprint density at radius 1 is 1.29 bits per heavy atom. The zero-order valence-corrected chi connectivity index (χ0v) is 10.6. The summed E-state index contributed by atoms with van der Waals surface area (Å²) in [5, 5.41) is 0. The molecule has 0 atom stereocenters. The zero-order valence-electron chi connectivity index (χ0n) is 9.76. The minimum atomic E-state index is -3.36. The molecule has 17 heavy (non-hydrogen) atoms. The highest BCUT2D eigenvalue weighted by atomic mass is 32.2. The molecule has 0 unspecified atom stereocenters. The Morgan fingerprint density at radius 2 is 1.94 bits per heavy atom. The van der Waals surface area contributed by atoms with Crippen LogP contribution in [-0.4, -0.2) is 26.3 Å². The number of hydrogen-bond acceptors (Lipinski definition) is 3. The Kier molecular flexibility index (Phi) is 3.22. The Labute approximate surface area is 102 Å². The van der Waals surface area contributed by atoms with E-state index in [4.69, 9.17) is 5.73 Å². The standard InChI is InChI=1S/C12H16N2O2S/c1-14-9-5-8-11(17(14,15)16)12(13)10-6-3-2-4-7-10/h2-4,6-7H,5,8-9,13H2,1H3/b12-11-. The molecule has 1 heterocycles. The van der Waals surface area contributed by atoms with Crippen molar-refractivity contribution >= 4 is 15.7 Å². The Balaban J connectivity index is 2.51. The smallest absolute Gasteiger partial charge is 0.241 e. The fourth-order valence-corrected chi connectivity index (χ4v) is 3.50. The average molecular weight is 252 g/mol. The van der Waals surface area contributed by atoms with E-state index in [1.807, 2.05) is 30.3 Å². The highest BCUT2D eigenvalue weighted by Gasteiger charge is 2.30. The molecule has 1 fully saturated rings. The lowest BCUT2D eigenvalue weighted by atomic mass is 10.1. The number of hydrogen-bond donors (Lipinski definition) is 1. The van der Waals surface area contributed by atoms with E-state index in [2.05, 4.69) is 0 Å². The minimum Gasteiger partial charge on any atom is -0.397 e. The van der Waals surface area contributed by atoms with Crippen molar-refractivity contribution in [2.24, 2.45) is 5.73 Å². The van der Waals surface area contributed by atoms with Gasteiger partial charge in [-0.15, -0.1) is 0 Å². The van der Waals surface area contributed by atoms with E-state index in [0.29, 0.717) is 23.6 Å². The van der Waals surface area contributed by atoms with Crippen LogP contribution in [0, 0.1) is 0 Å². The van der Waals surface area contributed by atoms with E-state index < -0.39 is 10.0 Å². The molecule has 1 saturated heterocycles. The first-order valence-electron chi connectivity index (χ1n) is 5.54. The molecule has 0 bridgehead atoms. The molecular formula is C12H16N2O2S. The van der Waals surface area contributed by atoms with Gasteiger partial charge in [0.25, 0.3) is 0 Å². The summed E-state index contributed by atoms with van der Waals surface area (Å²) in [6.07, 6.45) is 1.34. The summed E-state index contributed by atoms with van der Waals surface area (Å²) in [7, 11) is -1.77. The first-order valence-corrected chi connectivity index (χ1v) is 6.98. The maximum absolute atomic E-state index is 12.1. The molecule has 92 valence electrons. The number of benzene rings is 1. The van der Waals surface area contributed by atoms with Crippen molar-refractivity contribution in [3.8, 4) is 0 Å². The van der Waals surface area contributed by atoms with Crippen LogP contribution in [0.25, 0.3) is 5.70 Å². The van der Waals surface area contributed by atoms with Crippen molar-refractivity contribution in [2.45, 2.75) is 12.8 Å². The van der Waals surface area contributed by atoms with Gasteiger partial charge < -0.3 is 5.73 Å². The second-order valence-electron chi connectivity index (χ2n) is 4.13. The molecule has 5 heteroatoms. The normalized spacial score (nSPS) is 23.4. The highest BCUT2D eigenvalue weighted by Crippen LogP contribution is 2.28. The zero-order chi connectivity index (χ0) is 12.5. The summed E-state index contributed by atoms with van der Waals surface area (Å²) < 4.78 is 25.6. The maximum Gasteiger partial charge on any atom is 0.241 e. The van der Waals surface area contributed by atoms with Crippen LogP contribution in [0.1, 0.15) is 18.4 Å². The molecule has 0 saturated carbocycles. The molecule has 1 aliphatic rings. The fourth-order valence-electron chi connectivity index (χ4n) is 1.95. The predicted molar refractivity (Wildman–Crippen MR) is 68.3 cm³/mol. The molecule has 1 aromatic carbocycles. The lowest BCUT2D eigenvalue weighted by molar-refractivity contribution is 0.449. The highest BCUT2D eigenvalue weighted by molar-refractivity contribution is 7.93. The van der Waals surface area contributed by atoms with E-state index in [1.54, 1.807) is 7.05 Å². The predicted octanol–water partition coefficient (Wildman–Crippen LogP) is 1.37. The number of sulfonamides is 1. The Hall–Kier alpha value is -1.33. The van der Waals surface area contributed by atoms with Gasteiger partial charge in [-0.2, -0.15) is 0 Å². The SMILES string of the molecule is CN1CCC/C(=C(/N)c2ccccc2)S1(=O)=O. The number of allylic oxidation sites excluding steroid dienone is 1. The third-order valence-corrected chi connectivity index (χ3v) is 5.03. The molecular weight excluding hydrogens is 236 g/mol. The van der Waals surface area contributed by atoms with Gasteiger partial charge in [-0.3, -0.25) is 0 Å². The minimum absolute atomic E-state index is 0.345. The van der Waals surface area contributed by atoms with Crippen LogP contribution in [0.2, 0.25) is 0 Å². The van der Waals surface area contributed by atoms with Crippen molar-refractivity contribution < 1.29 is 8.42 Å². The second kappa shape index (κ2) is 4.50. The quantitative estimate of drug-likeness (QED) is 0.821. The van der Waals surface area contributed by atoms with Gasteiger partial charge in [0, 0.05) is 13.6 Å². The molecule has 1 aromatic rings. The van der Waals surface area contributed by atoms with Crippen molar-refractivity contribution in [3.05, 3.63) is 40.8 Å². The van der Waals surface area contributed by atoms with Gasteiger partial charge >= 0.3 is 0 Å². The summed E-state index contributed by atoms with van der Waals surface area (Å²) in [4.78, 5) is 0.345. The van der Waals surface area contributed by atoms with Crippen molar-refractivity contribution in [2.75, 3.05) is 13.6 Å². The Morgan fingerprint density at radius 3 is 2.59 bits per heavy atom. The molecule has 4 nitrogen and oxygen atoms in total. The molecule has 0 radical (unpaired) electrons. The van der Waals surface area contributed by atoms with Crippen LogP contribution in [0.15, 0.2) is 35.2 Å².